The molecular weight excluding hydrogens is 272 g/mol. The molecular formula is C10H6N4O4S. The van der Waals surface area contributed by atoms with Crippen molar-refractivity contribution in [1.29, 1.82) is 0 Å². The van der Waals surface area contributed by atoms with Crippen LogP contribution >= 0.6 is 0 Å². The van der Waals surface area contributed by atoms with Crippen LogP contribution in [0.2, 0.25) is 0 Å². The van der Waals surface area contributed by atoms with Crippen LogP contribution in [0.1, 0.15) is 6.42 Å². The summed E-state index contributed by atoms with van der Waals surface area (Å²) in [4.78, 5) is 26.5. The van der Waals surface area contributed by atoms with Crippen LogP contribution in [0.4, 0.5) is 0 Å². The fraction of sp³-hybridized carbons (Fsp3) is 0.100. The largest absolute Gasteiger partial charge is 0.269 e. The maximum absolute atomic E-state index is 11.5. The van der Waals surface area contributed by atoms with Crippen molar-refractivity contribution in [2.75, 3.05) is 0 Å². The second kappa shape index (κ2) is 4.92. The van der Waals surface area contributed by atoms with Gasteiger partial charge in [0.1, 0.15) is 0 Å². The molecule has 0 unspecified atom stereocenters. The molecule has 0 spiro atoms. The van der Waals surface area contributed by atoms with Crippen LogP contribution in [0.15, 0.2) is 40.8 Å². The Kier molecular flexibility index (Phi) is 3.32. The van der Waals surface area contributed by atoms with E-state index in [4.69, 9.17) is 5.53 Å². The Morgan fingerprint density at radius 3 is 2.42 bits per heavy atom. The standard InChI is InChI=1S/C10H6N4O4S/c11-13-12-7-5-6(19(17)18)1-2-8(7)14-9(15)3-4-10(14)16/h2-5H,1H2. The quantitative estimate of drug-likeness (QED) is 0.239. The Bertz CT molecular complexity index is 724. The Hall–Kier alpha value is -2.64. The molecule has 0 aromatic rings. The molecule has 1 heterocycles. The molecule has 2 aliphatic rings. The highest BCUT2D eigenvalue weighted by Crippen LogP contribution is 2.25. The minimum atomic E-state index is -2.45. The lowest BCUT2D eigenvalue weighted by molar-refractivity contribution is -0.134. The number of allylic oxidation sites excluding steroid dienone is 2. The van der Waals surface area contributed by atoms with Crippen molar-refractivity contribution in [3.63, 3.8) is 0 Å². The summed E-state index contributed by atoms with van der Waals surface area (Å²) in [5.41, 5.74) is 8.46. The molecule has 0 aromatic carbocycles. The average Bonchev–Trinajstić information content (AvgIpc) is 2.70. The summed E-state index contributed by atoms with van der Waals surface area (Å²) in [6.45, 7) is 0. The van der Waals surface area contributed by atoms with E-state index in [1.807, 2.05) is 0 Å². The van der Waals surface area contributed by atoms with Gasteiger partial charge in [0.25, 0.3) is 11.8 Å². The lowest BCUT2D eigenvalue weighted by atomic mass is 10.1. The number of hydrogen-bond acceptors (Lipinski definition) is 5. The lowest BCUT2D eigenvalue weighted by Gasteiger charge is -2.20. The van der Waals surface area contributed by atoms with E-state index in [1.54, 1.807) is 0 Å². The number of nitrogens with zero attached hydrogens (tertiary/aromatic N) is 4. The monoisotopic (exact) mass is 278 g/mol. The Labute approximate surface area is 108 Å². The van der Waals surface area contributed by atoms with E-state index in [9.17, 15) is 18.0 Å². The molecule has 2 amide bonds. The summed E-state index contributed by atoms with van der Waals surface area (Å²) in [5, 5.41) is 3.32. The molecule has 2 rings (SSSR count). The van der Waals surface area contributed by atoms with Crippen molar-refractivity contribution in [2.45, 2.75) is 6.42 Å². The van der Waals surface area contributed by atoms with Gasteiger partial charge in [-0.1, -0.05) is 11.2 Å². The Balaban J connectivity index is 2.51. The predicted molar refractivity (Wildman–Crippen MR) is 64.8 cm³/mol. The maximum Gasteiger partial charge on any atom is 0.258 e. The molecule has 1 aliphatic heterocycles. The lowest BCUT2D eigenvalue weighted by Crippen LogP contribution is -2.31. The van der Waals surface area contributed by atoms with Crippen molar-refractivity contribution in [1.82, 2.24) is 4.90 Å². The summed E-state index contributed by atoms with van der Waals surface area (Å²) in [6.07, 6.45) is 4.69. The molecule has 0 atom stereocenters. The molecule has 9 heteroatoms. The first kappa shape index (κ1) is 12.8. The van der Waals surface area contributed by atoms with E-state index in [0.717, 1.165) is 23.1 Å². The highest BCUT2D eigenvalue weighted by molar-refractivity contribution is 7.73. The molecule has 0 saturated heterocycles. The minimum absolute atomic E-state index is 0.0122. The van der Waals surface area contributed by atoms with Crippen LogP contribution in [0, 0.1) is 0 Å². The molecule has 19 heavy (non-hydrogen) atoms. The first-order chi connectivity index (χ1) is 9.04. The van der Waals surface area contributed by atoms with Gasteiger partial charge in [-0.3, -0.25) is 9.59 Å². The third-order valence-corrected chi connectivity index (χ3v) is 3.19. The molecule has 1 aliphatic carbocycles. The normalized spacial score (nSPS) is 18.1. The van der Waals surface area contributed by atoms with E-state index >= 15 is 0 Å². The average molecular weight is 278 g/mol. The number of hydrogen-bond donors (Lipinski definition) is 0. The summed E-state index contributed by atoms with van der Waals surface area (Å²) < 4.78 is 21.7. The zero-order valence-corrected chi connectivity index (χ0v) is 10.2. The second-order valence-corrected chi connectivity index (χ2v) is 4.55. The molecule has 0 aromatic heterocycles. The van der Waals surface area contributed by atoms with E-state index < -0.39 is 22.1 Å². The number of carbonyl (C=O) groups is 2. The molecule has 8 nitrogen and oxygen atoms in total. The van der Waals surface area contributed by atoms with E-state index in [2.05, 4.69) is 10.0 Å². The maximum atomic E-state index is 11.5. The van der Waals surface area contributed by atoms with Crippen LogP contribution in [-0.2, 0) is 19.9 Å². The smallest absolute Gasteiger partial charge is 0.258 e. The molecule has 0 saturated carbocycles. The van der Waals surface area contributed by atoms with Crippen molar-refractivity contribution < 1.29 is 18.0 Å². The molecule has 0 radical (unpaired) electrons. The van der Waals surface area contributed by atoms with E-state index in [1.165, 1.54) is 6.08 Å². The highest BCUT2D eigenvalue weighted by atomic mass is 32.2. The van der Waals surface area contributed by atoms with E-state index in [0.29, 0.717) is 0 Å². The summed E-state index contributed by atoms with van der Waals surface area (Å²) in [5.74, 6) is -1.14. The fourth-order valence-electron chi connectivity index (χ4n) is 1.68. The number of carbonyl (C=O) groups excluding carboxylic acids is 2. The van der Waals surface area contributed by atoms with Crippen LogP contribution in [0.5, 0.6) is 0 Å². The first-order valence-electron chi connectivity index (χ1n) is 5.03. The first-order valence-corrected chi connectivity index (χ1v) is 6.10. The van der Waals surface area contributed by atoms with Gasteiger partial charge in [-0.05, 0) is 11.6 Å². The van der Waals surface area contributed by atoms with Crippen LogP contribution in [0.25, 0.3) is 10.4 Å². The van der Waals surface area contributed by atoms with Crippen molar-refractivity contribution in [3.8, 4) is 0 Å². The molecule has 0 N–H and O–H groups in total. The van der Waals surface area contributed by atoms with Crippen molar-refractivity contribution in [3.05, 3.63) is 46.1 Å². The Morgan fingerprint density at radius 2 is 1.89 bits per heavy atom. The minimum Gasteiger partial charge on any atom is -0.269 e. The summed E-state index contributed by atoms with van der Waals surface area (Å²) >= 11 is 0. The SMILES string of the molecule is [N-]=[N+]=NC1=CC(=S(=O)=O)CC=C1N1C(=O)C=CC1=O. The third kappa shape index (κ3) is 2.32. The number of rotatable bonds is 2. The van der Waals surface area contributed by atoms with Gasteiger partial charge >= 0.3 is 0 Å². The van der Waals surface area contributed by atoms with Crippen LogP contribution in [0.3, 0.4) is 0 Å². The summed E-state index contributed by atoms with van der Waals surface area (Å²) in [7, 11) is -2.45. The third-order valence-electron chi connectivity index (χ3n) is 2.47. The van der Waals surface area contributed by atoms with Crippen molar-refractivity contribution in [2.24, 2.45) is 5.11 Å². The number of imide groups is 1. The van der Waals surface area contributed by atoms with Gasteiger partial charge in [-0.15, -0.1) is 0 Å². The van der Waals surface area contributed by atoms with Gasteiger partial charge in [-0.2, -0.15) is 8.42 Å². The van der Waals surface area contributed by atoms with Crippen LogP contribution in [-0.4, -0.2) is 30.0 Å². The second-order valence-electron chi connectivity index (χ2n) is 3.56. The zero-order chi connectivity index (χ0) is 14.0. The fourth-order valence-corrected chi connectivity index (χ4v) is 2.10. The predicted octanol–water partition coefficient (Wildman–Crippen LogP) is 0.445. The number of amides is 2. The van der Waals surface area contributed by atoms with E-state index in [-0.39, 0.29) is 22.7 Å². The molecule has 96 valence electrons. The van der Waals surface area contributed by atoms with Gasteiger partial charge in [0.15, 0.2) is 0 Å². The highest BCUT2D eigenvalue weighted by Gasteiger charge is 2.30. The zero-order valence-electron chi connectivity index (χ0n) is 9.35. The van der Waals surface area contributed by atoms with Gasteiger partial charge < -0.3 is 0 Å². The molecule has 0 bridgehead atoms. The Morgan fingerprint density at radius 1 is 1.26 bits per heavy atom. The summed E-state index contributed by atoms with van der Waals surface area (Å²) in [6, 6.07) is 0. The van der Waals surface area contributed by atoms with Gasteiger partial charge in [0.05, 0.1) is 16.3 Å². The topological polar surface area (TPSA) is 120 Å². The van der Waals surface area contributed by atoms with Crippen molar-refractivity contribution >= 4 is 27.0 Å². The number of azide groups is 1. The van der Waals surface area contributed by atoms with Gasteiger partial charge in [0, 0.05) is 23.5 Å². The van der Waals surface area contributed by atoms with Crippen LogP contribution < -0.4 is 0 Å². The molecule has 0 fully saturated rings. The van der Waals surface area contributed by atoms with Gasteiger partial charge in [0.2, 0.25) is 10.3 Å². The van der Waals surface area contributed by atoms with Gasteiger partial charge in [-0.25, -0.2) is 4.90 Å².